The van der Waals surface area contributed by atoms with Gasteiger partial charge in [0, 0.05) is 12.5 Å². The molecular weight excluding hydrogens is 310 g/mol. The van der Waals surface area contributed by atoms with Gasteiger partial charge in [0.15, 0.2) is 0 Å². The van der Waals surface area contributed by atoms with Crippen molar-refractivity contribution in [3.8, 4) is 0 Å². The van der Waals surface area contributed by atoms with Crippen LogP contribution in [-0.4, -0.2) is 12.5 Å². The molecule has 0 aromatic heterocycles. The highest BCUT2D eigenvalue weighted by atomic mass is 19.4. The van der Waals surface area contributed by atoms with Crippen molar-refractivity contribution in [3.63, 3.8) is 0 Å². The summed E-state index contributed by atoms with van der Waals surface area (Å²) in [5, 5.41) is 2.72. The lowest BCUT2D eigenvalue weighted by Crippen LogP contribution is -2.18. The van der Waals surface area contributed by atoms with Gasteiger partial charge >= 0.3 is 6.18 Å². The highest BCUT2D eigenvalue weighted by Gasteiger charge is 2.37. The van der Waals surface area contributed by atoms with E-state index in [0.717, 1.165) is 12.1 Å². The molecule has 3 rings (SSSR count). The van der Waals surface area contributed by atoms with Crippen LogP contribution in [0.3, 0.4) is 0 Å². The predicted octanol–water partition coefficient (Wildman–Crippen LogP) is 3.84. The average molecular weight is 323 g/mol. The first-order valence-corrected chi connectivity index (χ1v) is 7.06. The van der Waals surface area contributed by atoms with E-state index in [1.807, 2.05) is 0 Å². The van der Waals surface area contributed by atoms with Gasteiger partial charge in [-0.25, -0.2) is 4.39 Å². The van der Waals surface area contributed by atoms with E-state index in [1.54, 1.807) is 0 Å². The predicted molar refractivity (Wildman–Crippen MR) is 76.3 cm³/mol. The van der Waals surface area contributed by atoms with Crippen LogP contribution in [-0.2, 0) is 11.0 Å². The van der Waals surface area contributed by atoms with Gasteiger partial charge in [0.2, 0.25) is 5.91 Å². The summed E-state index contributed by atoms with van der Waals surface area (Å²) in [7, 11) is 0. The molecule has 1 amide bonds. The molecule has 0 radical (unpaired) electrons. The van der Waals surface area contributed by atoms with Crippen LogP contribution in [0.4, 0.5) is 17.6 Å². The van der Waals surface area contributed by atoms with E-state index in [1.165, 1.54) is 36.4 Å². The molecule has 120 valence electrons. The van der Waals surface area contributed by atoms with E-state index < -0.39 is 23.5 Å². The van der Waals surface area contributed by atoms with E-state index in [2.05, 4.69) is 5.32 Å². The number of benzene rings is 2. The van der Waals surface area contributed by atoms with Gasteiger partial charge in [0.25, 0.3) is 0 Å². The number of amides is 1. The molecule has 1 saturated heterocycles. The van der Waals surface area contributed by atoms with E-state index in [4.69, 9.17) is 0 Å². The topological polar surface area (TPSA) is 29.1 Å². The van der Waals surface area contributed by atoms with Gasteiger partial charge in [-0.3, -0.25) is 4.79 Å². The maximum absolute atomic E-state index is 13.0. The molecule has 0 bridgehead atoms. The Kier molecular flexibility index (Phi) is 3.83. The Morgan fingerprint density at radius 2 is 1.48 bits per heavy atom. The number of carbonyl (C=O) groups excluding carboxylic acids is 1. The summed E-state index contributed by atoms with van der Waals surface area (Å²) < 4.78 is 50.9. The van der Waals surface area contributed by atoms with Crippen LogP contribution < -0.4 is 5.32 Å². The molecule has 1 aliphatic rings. The Morgan fingerprint density at radius 3 is 2.04 bits per heavy atom. The fourth-order valence-electron chi connectivity index (χ4n) is 2.90. The summed E-state index contributed by atoms with van der Waals surface area (Å²) in [4.78, 5) is 12.1. The smallest absolute Gasteiger partial charge is 0.355 e. The van der Waals surface area contributed by atoms with Crippen molar-refractivity contribution in [2.75, 3.05) is 6.54 Å². The third-order valence-electron chi connectivity index (χ3n) is 4.08. The third kappa shape index (κ3) is 3.06. The van der Waals surface area contributed by atoms with Crippen molar-refractivity contribution in [1.82, 2.24) is 5.32 Å². The molecule has 6 heteroatoms. The minimum absolute atomic E-state index is 0.207. The van der Waals surface area contributed by atoms with Crippen molar-refractivity contribution < 1.29 is 22.4 Å². The summed E-state index contributed by atoms with van der Waals surface area (Å²) in [5.41, 5.74) is 0.564. The Morgan fingerprint density at radius 1 is 0.913 bits per heavy atom. The second-order valence-electron chi connectivity index (χ2n) is 5.50. The van der Waals surface area contributed by atoms with E-state index in [9.17, 15) is 22.4 Å². The van der Waals surface area contributed by atoms with Crippen molar-refractivity contribution in [2.45, 2.75) is 18.0 Å². The Hall–Kier alpha value is -2.37. The lowest BCUT2D eigenvalue weighted by molar-refractivity contribution is -0.137. The zero-order valence-corrected chi connectivity index (χ0v) is 11.9. The van der Waals surface area contributed by atoms with Gasteiger partial charge in [0.05, 0.1) is 11.5 Å². The number of rotatable bonds is 2. The number of alkyl halides is 3. The van der Waals surface area contributed by atoms with Gasteiger partial charge in [-0.15, -0.1) is 0 Å². The maximum atomic E-state index is 13.0. The minimum atomic E-state index is -4.39. The monoisotopic (exact) mass is 323 g/mol. The second-order valence-corrected chi connectivity index (χ2v) is 5.50. The van der Waals surface area contributed by atoms with Gasteiger partial charge in [-0.05, 0) is 35.4 Å². The summed E-state index contributed by atoms with van der Waals surface area (Å²) >= 11 is 0. The van der Waals surface area contributed by atoms with Crippen LogP contribution in [0.25, 0.3) is 0 Å². The number of hydrogen-bond donors (Lipinski definition) is 1. The first-order valence-electron chi connectivity index (χ1n) is 7.06. The van der Waals surface area contributed by atoms with Crippen molar-refractivity contribution in [1.29, 1.82) is 0 Å². The molecule has 2 aromatic rings. The van der Waals surface area contributed by atoms with Gasteiger partial charge in [-0.1, -0.05) is 24.3 Å². The number of hydrogen-bond acceptors (Lipinski definition) is 1. The molecular formula is C17H13F4NO. The summed E-state index contributed by atoms with van der Waals surface area (Å²) in [6, 6.07) is 10.4. The molecule has 1 fully saturated rings. The number of halogens is 4. The summed E-state index contributed by atoms with van der Waals surface area (Å²) in [6.45, 7) is 0.340. The standard InChI is InChI=1S/C17H13F4NO/c18-13-7-3-11(4-8-13)15-14(9-22-16(15)23)10-1-5-12(6-2-10)17(19,20)21/h1-8,14-15H,9H2,(H,22,23). The maximum Gasteiger partial charge on any atom is 0.416 e. The quantitative estimate of drug-likeness (QED) is 0.836. The fourth-order valence-corrected chi connectivity index (χ4v) is 2.90. The lowest BCUT2D eigenvalue weighted by atomic mass is 9.83. The van der Waals surface area contributed by atoms with Crippen LogP contribution in [0.1, 0.15) is 28.5 Å². The molecule has 1 aliphatic heterocycles. The number of nitrogens with one attached hydrogen (secondary N) is 1. The van der Waals surface area contributed by atoms with Crippen molar-refractivity contribution >= 4 is 5.91 Å². The highest BCUT2D eigenvalue weighted by Crippen LogP contribution is 2.38. The third-order valence-corrected chi connectivity index (χ3v) is 4.08. The zero-order chi connectivity index (χ0) is 16.6. The second kappa shape index (κ2) is 5.68. The molecule has 2 atom stereocenters. The van der Waals surface area contributed by atoms with Gasteiger partial charge in [-0.2, -0.15) is 13.2 Å². The molecule has 0 spiro atoms. The SMILES string of the molecule is O=C1NCC(c2ccc(C(F)(F)F)cc2)C1c1ccc(F)cc1. The van der Waals surface area contributed by atoms with Crippen molar-refractivity contribution in [3.05, 3.63) is 71.0 Å². The van der Waals surface area contributed by atoms with Crippen LogP contribution in [0, 0.1) is 5.82 Å². The highest BCUT2D eigenvalue weighted by molar-refractivity contribution is 5.87. The molecule has 0 saturated carbocycles. The summed E-state index contributed by atoms with van der Waals surface area (Å²) in [5.74, 6) is -1.43. The molecule has 2 nitrogen and oxygen atoms in total. The van der Waals surface area contributed by atoms with E-state index >= 15 is 0 Å². The molecule has 0 aliphatic carbocycles. The molecule has 1 heterocycles. The Bertz CT molecular complexity index is 707. The Balaban J connectivity index is 1.91. The van der Waals surface area contributed by atoms with Gasteiger partial charge < -0.3 is 5.32 Å². The largest absolute Gasteiger partial charge is 0.416 e. The average Bonchev–Trinajstić information content (AvgIpc) is 2.89. The van der Waals surface area contributed by atoms with Gasteiger partial charge in [0.1, 0.15) is 5.82 Å². The van der Waals surface area contributed by atoms with Crippen LogP contribution in [0.5, 0.6) is 0 Å². The lowest BCUT2D eigenvalue weighted by Gasteiger charge is -2.18. The molecule has 2 unspecified atom stereocenters. The number of carbonyl (C=O) groups is 1. The molecule has 23 heavy (non-hydrogen) atoms. The first-order chi connectivity index (χ1) is 10.9. The normalized spacial score (nSPS) is 21.3. The fraction of sp³-hybridized carbons (Fsp3) is 0.235. The Labute approximate surface area is 130 Å². The minimum Gasteiger partial charge on any atom is -0.355 e. The first kappa shape index (κ1) is 15.5. The van der Waals surface area contributed by atoms with E-state index in [-0.39, 0.29) is 11.8 Å². The van der Waals surface area contributed by atoms with E-state index in [0.29, 0.717) is 17.7 Å². The van der Waals surface area contributed by atoms with Crippen molar-refractivity contribution in [2.24, 2.45) is 0 Å². The van der Waals surface area contributed by atoms with Crippen LogP contribution in [0.2, 0.25) is 0 Å². The van der Waals surface area contributed by atoms with Crippen LogP contribution >= 0.6 is 0 Å². The molecule has 2 aromatic carbocycles. The summed E-state index contributed by atoms with van der Waals surface area (Å²) in [6.07, 6.45) is -4.39. The zero-order valence-electron chi connectivity index (χ0n) is 11.9. The molecule has 1 N–H and O–H groups in total. The van der Waals surface area contributed by atoms with Crippen LogP contribution in [0.15, 0.2) is 48.5 Å².